The highest BCUT2D eigenvalue weighted by molar-refractivity contribution is 6.04. The van der Waals surface area contributed by atoms with Crippen LogP contribution < -0.4 is 10.1 Å². The maximum atomic E-state index is 11.9. The van der Waals surface area contributed by atoms with Gasteiger partial charge in [0.15, 0.2) is 0 Å². The summed E-state index contributed by atoms with van der Waals surface area (Å²) in [4.78, 5) is 26.3. The summed E-state index contributed by atoms with van der Waals surface area (Å²) in [6, 6.07) is 9.44. The molecule has 6 heteroatoms. The third-order valence-electron chi connectivity index (χ3n) is 2.59. The first kappa shape index (κ1) is 13.5. The van der Waals surface area contributed by atoms with Crippen LogP contribution in [-0.4, -0.2) is 29.1 Å². The van der Waals surface area contributed by atoms with Crippen molar-refractivity contribution in [3.8, 4) is 5.75 Å². The van der Waals surface area contributed by atoms with Crippen LogP contribution in [0.3, 0.4) is 0 Å². The summed E-state index contributed by atoms with van der Waals surface area (Å²) in [6.07, 6.45) is 1.30. The van der Waals surface area contributed by atoms with E-state index in [0.29, 0.717) is 17.0 Å². The molecular formula is C14H12N2O4. The van der Waals surface area contributed by atoms with Gasteiger partial charge in [0.1, 0.15) is 11.4 Å². The molecule has 0 fully saturated rings. The van der Waals surface area contributed by atoms with Gasteiger partial charge in [0.25, 0.3) is 5.91 Å². The largest absolute Gasteiger partial charge is 0.497 e. The summed E-state index contributed by atoms with van der Waals surface area (Å²) in [5.41, 5.74) is 0.816. The normalized spacial score (nSPS) is 9.85. The Balaban J connectivity index is 2.08. The first-order valence-corrected chi connectivity index (χ1v) is 5.75. The van der Waals surface area contributed by atoms with Gasteiger partial charge in [-0.25, -0.2) is 9.78 Å². The van der Waals surface area contributed by atoms with Gasteiger partial charge < -0.3 is 15.2 Å². The van der Waals surface area contributed by atoms with Crippen molar-refractivity contribution in [2.75, 3.05) is 12.4 Å². The molecule has 102 valence electrons. The van der Waals surface area contributed by atoms with E-state index in [2.05, 4.69) is 10.3 Å². The molecule has 0 radical (unpaired) electrons. The predicted octanol–water partition coefficient (Wildman–Crippen LogP) is 2.04. The highest BCUT2D eigenvalue weighted by atomic mass is 16.5. The number of carbonyl (C=O) groups excluding carboxylic acids is 1. The number of aromatic carboxylic acids is 1. The quantitative estimate of drug-likeness (QED) is 0.889. The Hall–Kier alpha value is -2.89. The second-order valence-electron chi connectivity index (χ2n) is 3.92. The van der Waals surface area contributed by atoms with Gasteiger partial charge in [-0.2, -0.15) is 0 Å². The number of hydrogen-bond donors (Lipinski definition) is 2. The van der Waals surface area contributed by atoms with E-state index in [1.165, 1.54) is 18.3 Å². The SMILES string of the molecule is COc1ccc(C(=O)Nc2ccc(C(=O)O)nc2)cc1. The zero-order valence-corrected chi connectivity index (χ0v) is 10.7. The number of amides is 1. The van der Waals surface area contributed by atoms with E-state index in [1.54, 1.807) is 31.4 Å². The van der Waals surface area contributed by atoms with Gasteiger partial charge in [-0.3, -0.25) is 4.79 Å². The van der Waals surface area contributed by atoms with E-state index < -0.39 is 5.97 Å². The number of carbonyl (C=O) groups is 2. The molecule has 0 unspecified atom stereocenters. The van der Waals surface area contributed by atoms with Crippen molar-refractivity contribution in [3.63, 3.8) is 0 Å². The molecule has 2 N–H and O–H groups in total. The summed E-state index contributed by atoms with van der Waals surface area (Å²) >= 11 is 0. The standard InChI is InChI=1S/C14H12N2O4/c1-20-11-5-2-9(3-6-11)13(17)16-10-4-7-12(14(18)19)15-8-10/h2-8H,1H3,(H,16,17)(H,18,19). The number of pyridine rings is 1. The number of anilines is 1. The summed E-state index contributed by atoms with van der Waals surface area (Å²) in [7, 11) is 1.55. The molecule has 0 aliphatic heterocycles. The smallest absolute Gasteiger partial charge is 0.354 e. The zero-order chi connectivity index (χ0) is 14.5. The number of nitrogens with zero attached hydrogens (tertiary/aromatic N) is 1. The number of nitrogens with one attached hydrogen (secondary N) is 1. The third kappa shape index (κ3) is 3.11. The van der Waals surface area contributed by atoms with Gasteiger partial charge in [-0.1, -0.05) is 0 Å². The molecule has 0 saturated heterocycles. The minimum atomic E-state index is -1.11. The number of ether oxygens (including phenoxy) is 1. The van der Waals surface area contributed by atoms with Crippen LogP contribution in [0, 0.1) is 0 Å². The van der Waals surface area contributed by atoms with Gasteiger partial charge >= 0.3 is 5.97 Å². The maximum absolute atomic E-state index is 11.9. The van der Waals surface area contributed by atoms with Gasteiger partial charge in [0.2, 0.25) is 0 Å². The zero-order valence-electron chi connectivity index (χ0n) is 10.7. The lowest BCUT2D eigenvalue weighted by molar-refractivity contribution is 0.0690. The second-order valence-corrected chi connectivity index (χ2v) is 3.92. The van der Waals surface area contributed by atoms with Gasteiger partial charge in [0, 0.05) is 5.56 Å². The highest BCUT2D eigenvalue weighted by Gasteiger charge is 2.08. The first-order valence-electron chi connectivity index (χ1n) is 5.75. The fourth-order valence-electron chi connectivity index (χ4n) is 1.54. The van der Waals surface area contributed by atoms with Crippen molar-refractivity contribution in [2.45, 2.75) is 0 Å². The van der Waals surface area contributed by atoms with E-state index in [1.807, 2.05) is 0 Å². The molecule has 0 aliphatic carbocycles. The van der Waals surface area contributed by atoms with Crippen LogP contribution in [-0.2, 0) is 0 Å². The number of hydrogen-bond acceptors (Lipinski definition) is 4. The predicted molar refractivity (Wildman–Crippen MR) is 72.1 cm³/mol. The van der Waals surface area contributed by atoms with Crippen molar-refractivity contribution in [1.29, 1.82) is 0 Å². The minimum Gasteiger partial charge on any atom is -0.497 e. The second kappa shape index (κ2) is 5.83. The van der Waals surface area contributed by atoms with Gasteiger partial charge in [-0.15, -0.1) is 0 Å². The molecule has 6 nitrogen and oxygen atoms in total. The molecule has 0 saturated carbocycles. The molecule has 0 spiro atoms. The van der Waals surface area contributed by atoms with Gasteiger partial charge in [-0.05, 0) is 36.4 Å². The lowest BCUT2D eigenvalue weighted by Crippen LogP contribution is -2.12. The van der Waals surface area contributed by atoms with E-state index in [0.717, 1.165) is 0 Å². The van der Waals surface area contributed by atoms with Gasteiger partial charge in [0.05, 0.1) is 19.0 Å². The fourth-order valence-corrected chi connectivity index (χ4v) is 1.54. The Morgan fingerprint density at radius 3 is 2.35 bits per heavy atom. The third-order valence-corrected chi connectivity index (χ3v) is 2.59. The van der Waals surface area contributed by atoms with E-state index in [4.69, 9.17) is 9.84 Å². The maximum Gasteiger partial charge on any atom is 0.354 e. The molecule has 0 bridgehead atoms. The molecule has 1 aromatic heterocycles. The molecular weight excluding hydrogens is 260 g/mol. The van der Waals surface area contributed by atoms with Crippen LogP contribution >= 0.6 is 0 Å². The Labute approximate surface area is 115 Å². The van der Waals surface area contributed by atoms with Crippen LogP contribution in [0.2, 0.25) is 0 Å². The van der Waals surface area contributed by atoms with Crippen LogP contribution in [0.25, 0.3) is 0 Å². The molecule has 1 aromatic carbocycles. The lowest BCUT2D eigenvalue weighted by Gasteiger charge is -2.06. The van der Waals surface area contributed by atoms with Crippen LogP contribution in [0.5, 0.6) is 5.75 Å². The Morgan fingerprint density at radius 2 is 1.85 bits per heavy atom. The summed E-state index contributed by atoms with van der Waals surface area (Å²) in [6.45, 7) is 0. The molecule has 1 amide bonds. The monoisotopic (exact) mass is 272 g/mol. The molecule has 1 heterocycles. The molecule has 2 rings (SSSR count). The number of carboxylic acid groups (broad SMARTS) is 1. The van der Waals surface area contributed by atoms with Crippen molar-refractivity contribution in [2.24, 2.45) is 0 Å². The van der Waals surface area contributed by atoms with Crippen molar-refractivity contribution in [1.82, 2.24) is 4.98 Å². The highest BCUT2D eigenvalue weighted by Crippen LogP contribution is 2.13. The molecule has 2 aromatic rings. The van der Waals surface area contributed by atoms with E-state index in [-0.39, 0.29) is 11.6 Å². The molecule has 0 atom stereocenters. The lowest BCUT2D eigenvalue weighted by atomic mass is 10.2. The number of rotatable bonds is 4. The van der Waals surface area contributed by atoms with Crippen molar-refractivity contribution in [3.05, 3.63) is 53.9 Å². The van der Waals surface area contributed by atoms with E-state index >= 15 is 0 Å². The van der Waals surface area contributed by atoms with E-state index in [9.17, 15) is 9.59 Å². The summed E-state index contributed by atoms with van der Waals surface area (Å²) in [5.74, 6) is -0.760. The minimum absolute atomic E-state index is 0.0764. The number of methoxy groups -OCH3 is 1. The fraction of sp³-hybridized carbons (Fsp3) is 0.0714. The number of benzene rings is 1. The van der Waals surface area contributed by atoms with Crippen LogP contribution in [0.15, 0.2) is 42.6 Å². The first-order chi connectivity index (χ1) is 9.60. The van der Waals surface area contributed by atoms with Crippen molar-refractivity contribution < 1.29 is 19.4 Å². The Morgan fingerprint density at radius 1 is 1.15 bits per heavy atom. The summed E-state index contributed by atoms with van der Waals surface area (Å²) < 4.78 is 5.01. The Kier molecular flexibility index (Phi) is 3.95. The molecule has 0 aliphatic rings. The molecule has 20 heavy (non-hydrogen) atoms. The van der Waals surface area contributed by atoms with Crippen LogP contribution in [0.4, 0.5) is 5.69 Å². The Bertz CT molecular complexity index is 621. The van der Waals surface area contributed by atoms with Crippen molar-refractivity contribution >= 4 is 17.6 Å². The average molecular weight is 272 g/mol. The topological polar surface area (TPSA) is 88.5 Å². The average Bonchev–Trinajstić information content (AvgIpc) is 2.48. The number of carboxylic acids is 1. The number of aromatic nitrogens is 1. The van der Waals surface area contributed by atoms with Crippen LogP contribution in [0.1, 0.15) is 20.8 Å². The summed E-state index contributed by atoms with van der Waals surface area (Å²) in [5, 5.41) is 11.3.